The molecule has 0 aliphatic carbocycles. The molecule has 0 atom stereocenters. The first kappa shape index (κ1) is 25.3. The molecule has 4 rings (SSSR count). The molecule has 164 valence electrons. The average Bonchev–Trinajstić information content (AvgIpc) is 3.49. The number of hydrogen-bond donors (Lipinski definition) is 1. The van der Waals surface area contributed by atoms with E-state index in [0.717, 1.165) is 16.1 Å². The van der Waals surface area contributed by atoms with Crippen molar-refractivity contribution in [3.63, 3.8) is 0 Å². The van der Waals surface area contributed by atoms with Gasteiger partial charge in [-0.2, -0.15) is 0 Å². The van der Waals surface area contributed by atoms with Gasteiger partial charge in [-0.05, 0) is 35.1 Å². The van der Waals surface area contributed by atoms with Crippen molar-refractivity contribution in [1.82, 2.24) is 4.98 Å². The number of aromatic carboxylic acids is 1. The van der Waals surface area contributed by atoms with Crippen LogP contribution in [0.15, 0.2) is 71.4 Å². The number of carbonyl (C=O) groups excluding carboxylic acids is 1. The van der Waals surface area contributed by atoms with E-state index in [1.54, 1.807) is 34.4 Å². The van der Waals surface area contributed by atoms with Gasteiger partial charge in [0.1, 0.15) is 0 Å². The van der Waals surface area contributed by atoms with Crippen LogP contribution in [-0.4, -0.2) is 51.5 Å². The summed E-state index contributed by atoms with van der Waals surface area (Å²) in [4.78, 5) is 32.5. The first-order valence-corrected chi connectivity index (χ1v) is 11.9. The quantitative estimate of drug-likeness (QED) is 0.331. The number of carboxylic acid groups (broad SMARTS) is 1. The van der Waals surface area contributed by atoms with Gasteiger partial charge in [0.2, 0.25) is 0 Å². The second-order valence-electron chi connectivity index (χ2n) is 7.61. The van der Waals surface area contributed by atoms with Crippen molar-refractivity contribution in [3.05, 3.63) is 93.0 Å². The number of rotatable bonds is 7. The molecule has 4 aromatic rings. The van der Waals surface area contributed by atoms with Crippen LogP contribution in [0.3, 0.4) is 0 Å². The van der Waals surface area contributed by atoms with E-state index in [2.05, 4.69) is 26.0 Å². The molecule has 0 saturated heterocycles. The van der Waals surface area contributed by atoms with Gasteiger partial charge < -0.3 is 5.11 Å². The summed E-state index contributed by atoms with van der Waals surface area (Å²) in [7, 11) is 0. The Labute approximate surface area is 223 Å². The number of carbonyl (C=O) groups is 2. The molecular formula is C25H23N2NaO3S2. The maximum atomic E-state index is 13.5. The molecule has 0 aliphatic heterocycles. The molecule has 0 radical (unpaired) electrons. The molecule has 5 nitrogen and oxygen atoms in total. The monoisotopic (exact) mass is 486 g/mol. The summed E-state index contributed by atoms with van der Waals surface area (Å²) in [5.41, 5.74) is 3.15. The molecular weight excluding hydrogens is 463 g/mol. The molecule has 0 spiro atoms. The Morgan fingerprint density at radius 2 is 1.67 bits per heavy atom. The maximum absolute atomic E-state index is 13.5. The number of hydrogen-bond acceptors (Lipinski definition) is 5. The van der Waals surface area contributed by atoms with Gasteiger partial charge in [0, 0.05) is 15.8 Å². The topological polar surface area (TPSA) is 70.5 Å². The van der Waals surface area contributed by atoms with Crippen molar-refractivity contribution in [3.8, 4) is 11.3 Å². The van der Waals surface area contributed by atoms with Crippen molar-refractivity contribution in [2.75, 3.05) is 4.90 Å². The van der Waals surface area contributed by atoms with Crippen molar-refractivity contribution in [1.29, 1.82) is 0 Å². The SMILES string of the molecule is CC(C)c1ccc(-c2csc(N(Cc3cccs3)C(=O)c3ccccc3C(=O)O)n2)cc1.[NaH]. The predicted molar refractivity (Wildman–Crippen MR) is 137 cm³/mol. The van der Waals surface area contributed by atoms with Crippen molar-refractivity contribution >= 4 is 69.2 Å². The minimum atomic E-state index is -1.13. The first-order valence-electron chi connectivity index (χ1n) is 10.2. The molecule has 1 N–H and O–H groups in total. The Kier molecular flexibility index (Phi) is 8.62. The number of aromatic nitrogens is 1. The molecule has 0 aliphatic rings. The van der Waals surface area contributed by atoms with Gasteiger partial charge in [0.25, 0.3) is 5.91 Å². The second kappa shape index (κ2) is 11.2. The zero-order valence-electron chi connectivity index (χ0n) is 17.7. The molecule has 2 heterocycles. The van der Waals surface area contributed by atoms with Gasteiger partial charge in [-0.3, -0.25) is 9.69 Å². The number of thiazole rings is 1. The number of carboxylic acids is 1. The predicted octanol–water partition coefficient (Wildman–Crippen LogP) is 5.89. The zero-order chi connectivity index (χ0) is 22.7. The van der Waals surface area contributed by atoms with Crippen LogP contribution in [0.1, 0.15) is 50.9 Å². The molecule has 0 unspecified atom stereocenters. The van der Waals surface area contributed by atoms with Crippen LogP contribution in [0.5, 0.6) is 0 Å². The Morgan fingerprint density at radius 1 is 0.970 bits per heavy atom. The fraction of sp³-hybridized carbons (Fsp3) is 0.160. The van der Waals surface area contributed by atoms with Crippen molar-refractivity contribution < 1.29 is 14.7 Å². The van der Waals surface area contributed by atoms with E-state index >= 15 is 0 Å². The Morgan fingerprint density at radius 3 is 2.27 bits per heavy atom. The van der Waals surface area contributed by atoms with Crippen LogP contribution in [0.2, 0.25) is 0 Å². The third-order valence-electron chi connectivity index (χ3n) is 5.12. The van der Waals surface area contributed by atoms with Crippen LogP contribution >= 0.6 is 22.7 Å². The van der Waals surface area contributed by atoms with Crippen LogP contribution in [-0.2, 0) is 6.54 Å². The van der Waals surface area contributed by atoms with Gasteiger partial charge in [0.15, 0.2) is 5.13 Å². The molecule has 2 aromatic heterocycles. The van der Waals surface area contributed by atoms with Crippen molar-refractivity contribution in [2.45, 2.75) is 26.3 Å². The number of nitrogens with zero attached hydrogens (tertiary/aromatic N) is 2. The minimum absolute atomic E-state index is 0. The third kappa shape index (κ3) is 5.80. The van der Waals surface area contributed by atoms with Gasteiger partial charge >= 0.3 is 35.5 Å². The third-order valence-corrected chi connectivity index (χ3v) is 6.85. The summed E-state index contributed by atoms with van der Waals surface area (Å²) in [5.74, 6) is -1.06. The molecule has 2 aromatic carbocycles. The molecule has 8 heteroatoms. The summed E-state index contributed by atoms with van der Waals surface area (Å²) < 4.78 is 0. The van der Waals surface area contributed by atoms with Crippen LogP contribution < -0.4 is 4.90 Å². The summed E-state index contributed by atoms with van der Waals surface area (Å²) >= 11 is 2.92. The summed E-state index contributed by atoms with van der Waals surface area (Å²) in [6.07, 6.45) is 0. The zero-order valence-corrected chi connectivity index (χ0v) is 19.3. The Balaban J connectivity index is 0.00000306. The fourth-order valence-corrected chi connectivity index (χ4v) is 4.87. The van der Waals surface area contributed by atoms with Gasteiger partial charge in [-0.15, -0.1) is 22.7 Å². The van der Waals surface area contributed by atoms with Gasteiger partial charge in [-0.1, -0.05) is 56.3 Å². The second-order valence-corrected chi connectivity index (χ2v) is 9.48. The summed E-state index contributed by atoms with van der Waals surface area (Å²) in [6.45, 7) is 4.63. The van der Waals surface area contributed by atoms with Crippen LogP contribution in [0.25, 0.3) is 11.3 Å². The first-order chi connectivity index (χ1) is 15.4. The number of anilines is 1. The number of amides is 1. The molecule has 1 amide bonds. The van der Waals surface area contributed by atoms with Crippen molar-refractivity contribution in [2.24, 2.45) is 0 Å². The molecule has 0 bridgehead atoms. The van der Waals surface area contributed by atoms with E-state index < -0.39 is 5.97 Å². The van der Waals surface area contributed by atoms with E-state index in [1.807, 2.05) is 35.0 Å². The summed E-state index contributed by atoms with van der Waals surface area (Å²) in [6, 6.07) is 18.4. The van der Waals surface area contributed by atoms with Crippen LogP contribution in [0, 0.1) is 0 Å². The van der Waals surface area contributed by atoms with E-state index in [-0.39, 0.29) is 46.6 Å². The van der Waals surface area contributed by atoms with Crippen LogP contribution in [0.4, 0.5) is 5.13 Å². The Bertz CT molecular complexity index is 1230. The van der Waals surface area contributed by atoms with E-state index in [4.69, 9.17) is 4.98 Å². The molecule has 33 heavy (non-hydrogen) atoms. The number of benzene rings is 2. The average molecular weight is 487 g/mol. The normalized spacial score (nSPS) is 10.6. The standard InChI is InChI=1S/C25H22N2O3S2.Na.H/c1-16(2)17-9-11-18(12-10-17)22-15-32-25(26-22)27(14-19-6-5-13-31-19)23(28)20-7-3-4-8-21(20)24(29)30;;/h3-13,15-16H,14H2,1-2H3,(H,29,30);;. The van der Waals surface area contributed by atoms with E-state index in [1.165, 1.54) is 23.0 Å². The Hall–Kier alpha value is -2.29. The number of thiophene rings is 1. The molecule has 0 fully saturated rings. The summed E-state index contributed by atoms with van der Waals surface area (Å²) in [5, 5.41) is 14.0. The fourth-order valence-electron chi connectivity index (χ4n) is 3.35. The van der Waals surface area contributed by atoms with Gasteiger partial charge in [-0.25, -0.2) is 9.78 Å². The van der Waals surface area contributed by atoms with E-state index in [0.29, 0.717) is 17.6 Å². The van der Waals surface area contributed by atoms with E-state index in [9.17, 15) is 14.7 Å². The van der Waals surface area contributed by atoms with Gasteiger partial charge in [0.05, 0.1) is 23.4 Å². The molecule has 0 saturated carbocycles.